The Morgan fingerprint density at radius 3 is 2.56 bits per heavy atom. The monoisotopic (exact) mass is 342 g/mol. The maximum Gasteiger partial charge on any atom is 0.344 e. The molecule has 2 aromatic heterocycles. The van der Waals surface area contributed by atoms with Crippen LogP contribution in [0.3, 0.4) is 0 Å². The average Bonchev–Trinajstić information content (AvgIpc) is 2.84. The summed E-state index contributed by atoms with van der Waals surface area (Å²) in [4.78, 5) is 21.9. The molecule has 2 heterocycles. The van der Waals surface area contributed by atoms with Gasteiger partial charge in [-0.1, -0.05) is 12.1 Å². The summed E-state index contributed by atoms with van der Waals surface area (Å²) in [5, 5.41) is 0. The number of methoxy groups -OCH3 is 1. The molecule has 25 heavy (non-hydrogen) atoms. The molecule has 0 unspecified atom stereocenters. The zero-order valence-corrected chi connectivity index (χ0v) is 14.7. The van der Waals surface area contributed by atoms with E-state index in [2.05, 4.69) is 9.97 Å². The van der Waals surface area contributed by atoms with E-state index in [-0.39, 0.29) is 11.7 Å². The number of fused-ring (bicyclic) bond motifs is 2. The molecule has 132 valence electrons. The number of ether oxygens (including phenoxy) is 2. The minimum atomic E-state index is -0.479. The van der Waals surface area contributed by atoms with Crippen LogP contribution in [0.4, 0.5) is 5.82 Å². The first-order chi connectivity index (χ1) is 12.0. The lowest BCUT2D eigenvalue weighted by molar-refractivity contribution is 0.0381. The number of nitrogen functional groups attached to an aromatic ring is 1. The van der Waals surface area contributed by atoms with Crippen LogP contribution in [0.1, 0.15) is 30.6 Å². The van der Waals surface area contributed by atoms with Gasteiger partial charge in [0, 0.05) is 20.3 Å². The van der Waals surface area contributed by atoms with Gasteiger partial charge in [-0.05, 0) is 32.4 Å². The van der Waals surface area contributed by atoms with Gasteiger partial charge in [-0.2, -0.15) is 0 Å². The number of carbonyl (C=O) groups excluding carboxylic acids is 1. The second kappa shape index (κ2) is 7.06. The summed E-state index contributed by atoms with van der Waals surface area (Å²) in [7, 11) is 1.65. The first-order valence-corrected chi connectivity index (χ1v) is 8.27. The summed E-state index contributed by atoms with van der Waals surface area (Å²) in [6.07, 6.45) is 0.504. The van der Waals surface area contributed by atoms with E-state index in [0.717, 1.165) is 11.9 Å². The van der Waals surface area contributed by atoms with Crippen LogP contribution in [0.15, 0.2) is 24.3 Å². The van der Waals surface area contributed by atoms with Crippen molar-refractivity contribution in [2.45, 2.75) is 32.9 Å². The van der Waals surface area contributed by atoms with Gasteiger partial charge in [0.25, 0.3) is 0 Å². The largest absolute Gasteiger partial charge is 0.459 e. The Morgan fingerprint density at radius 2 is 1.92 bits per heavy atom. The number of aryl methyl sites for hydroxylation is 1. The first-order valence-electron chi connectivity index (χ1n) is 8.27. The van der Waals surface area contributed by atoms with Crippen LogP contribution in [-0.2, 0) is 16.0 Å². The molecule has 0 aliphatic rings. The van der Waals surface area contributed by atoms with Gasteiger partial charge in [-0.3, -0.25) is 0 Å². The molecule has 0 aliphatic heterocycles. The Kier molecular flexibility index (Phi) is 4.85. The number of hydrogen-bond donors (Lipinski definition) is 1. The highest BCUT2D eigenvalue weighted by atomic mass is 16.5. The predicted octanol–water partition coefficient (Wildman–Crippen LogP) is 2.77. The van der Waals surface area contributed by atoms with Gasteiger partial charge in [0.1, 0.15) is 16.9 Å². The molecule has 0 spiro atoms. The van der Waals surface area contributed by atoms with Crippen LogP contribution in [0.5, 0.6) is 0 Å². The smallest absolute Gasteiger partial charge is 0.344 e. The van der Waals surface area contributed by atoms with E-state index in [4.69, 9.17) is 15.2 Å². The number of nitrogens with two attached hydrogens (primary N) is 1. The molecule has 0 fully saturated rings. The number of anilines is 1. The molecule has 0 bridgehead atoms. The van der Waals surface area contributed by atoms with Gasteiger partial charge >= 0.3 is 5.97 Å². The van der Waals surface area contributed by atoms with E-state index in [1.54, 1.807) is 21.0 Å². The zero-order valence-electron chi connectivity index (χ0n) is 14.7. The molecule has 0 amide bonds. The summed E-state index contributed by atoms with van der Waals surface area (Å²) in [6.45, 7) is 4.77. The van der Waals surface area contributed by atoms with Gasteiger partial charge in [-0.25, -0.2) is 14.8 Å². The van der Waals surface area contributed by atoms with Gasteiger partial charge in [0.05, 0.1) is 17.1 Å². The van der Waals surface area contributed by atoms with Gasteiger partial charge in [0.2, 0.25) is 0 Å². The lowest BCUT2D eigenvalue weighted by atomic mass is 10.2. The number of esters is 1. The fourth-order valence-corrected chi connectivity index (χ4v) is 2.78. The molecular formula is C18H22N4O3. The standard InChI is InChI=1S/C18H22N4O3/c1-11(2)25-18(23)14-15-17(22(16(14)19)9-6-10-24-3)21-13-8-5-4-7-12(13)20-15/h4-5,7-8,11H,6,9-10,19H2,1-3H3. The van der Waals surface area contributed by atoms with Crippen LogP contribution >= 0.6 is 0 Å². The van der Waals surface area contributed by atoms with Crippen molar-refractivity contribution in [3.63, 3.8) is 0 Å². The lowest BCUT2D eigenvalue weighted by Gasteiger charge is -2.09. The lowest BCUT2D eigenvalue weighted by Crippen LogP contribution is -2.14. The highest BCUT2D eigenvalue weighted by molar-refractivity contribution is 6.08. The van der Waals surface area contributed by atoms with E-state index in [9.17, 15) is 4.79 Å². The number of nitrogens with zero attached hydrogens (tertiary/aromatic N) is 3. The maximum atomic E-state index is 12.6. The van der Waals surface area contributed by atoms with Crippen molar-refractivity contribution < 1.29 is 14.3 Å². The van der Waals surface area contributed by atoms with Crippen molar-refractivity contribution in [1.82, 2.24) is 14.5 Å². The van der Waals surface area contributed by atoms with E-state index in [1.807, 2.05) is 28.8 Å². The van der Waals surface area contributed by atoms with Crippen molar-refractivity contribution in [1.29, 1.82) is 0 Å². The normalized spacial score (nSPS) is 11.5. The second-order valence-electron chi connectivity index (χ2n) is 6.10. The van der Waals surface area contributed by atoms with Crippen molar-refractivity contribution in [2.24, 2.45) is 0 Å². The number of hydrogen-bond acceptors (Lipinski definition) is 6. The third-order valence-electron chi connectivity index (χ3n) is 3.87. The van der Waals surface area contributed by atoms with Crippen LogP contribution in [0.2, 0.25) is 0 Å². The van der Waals surface area contributed by atoms with Crippen LogP contribution < -0.4 is 5.73 Å². The predicted molar refractivity (Wildman–Crippen MR) is 96.5 cm³/mol. The Balaban J connectivity index is 2.20. The SMILES string of the molecule is COCCCn1c(N)c(C(=O)OC(C)C)c2nc3ccccc3nc21. The molecule has 0 radical (unpaired) electrons. The van der Waals surface area contributed by atoms with Gasteiger partial charge in [-0.15, -0.1) is 0 Å². The molecule has 3 rings (SSSR count). The summed E-state index contributed by atoms with van der Waals surface area (Å²) in [5.41, 5.74) is 9.08. The fraction of sp³-hybridized carbons (Fsp3) is 0.389. The number of aromatic nitrogens is 3. The number of carbonyl (C=O) groups is 1. The summed E-state index contributed by atoms with van der Waals surface area (Å²) in [6, 6.07) is 7.53. The van der Waals surface area contributed by atoms with Crippen LogP contribution in [0, 0.1) is 0 Å². The number of rotatable bonds is 6. The zero-order chi connectivity index (χ0) is 18.0. The first kappa shape index (κ1) is 17.2. The highest BCUT2D eigenvalue weighted by Crippen LogP contribution is 2.29. The van der Waals surface area contributed by atoms with Gasteiger partial charge in [0.15, 0.2) is 5.65 Å². The topological polar surface area (TPSA) is 92.3 Å². The maximum absolute atomic E-state index is 12.6. The molecule has 7 nitrogen and oxygen atoms in total. The highest BCUT2D eigenvalue weighted by Gasteiger charge is 2.25. The summed E-state index contributed by atoms with van der Waals surface area (Å²) in [5.74, 6) is -0.153. The Hall–Kier alpha value is -2.67. The molecule has 0 saturated carbocycles. The van der Waals surface area contributed by atoms with Crippen molar-refractivity contribution in [2.75, 3.05) is 19.5 Å². The molecular weight excluding hydrogens is 320 g/mol. The quantitative estimate of drug-likeness (QED) is 0.547. The fourth-order valence-electron chi connectivity index (χ4n) is 2.78. The minimum Gasteiger partial charge on any atom is -0.459 e. The van der Waals surface area contributed by atoms with Crippen molar-refractivity contribution in [3.05, 3.63) is 29.8 Å². The third kappa shape index (κ3) is 3.28. The Labute approximate surface area is 145 Å². The van der Waals surface area contributed by atoms with Crippen LogP contribution in [0.25, 0.3) is 22.2 Å². The average molecular weight is 342 g/mol. The Bertz CT molecular complexity index is 917. The van der Waals surface area contributed by atoms with Gasteiger partial charge < -0.3 is 19.8 Å². The molecule has 2 N–H and O–H groups in total. The van der Waals surface area contributed by atoms with E-state index in [0.29, 0.717) is 35.7 Å². The van der Waals surface area contributed by atoms with E-state index >= 15 is 0 Å². The number of para-hydroxylation sites is 2. The molecule has 7 heteroatoms. The summed E-state index contributed by atoms with van der Waals surface area (Å²) >= 11 is 0. The van der Waals surface area contributed by atoms with Crippen LogP contribution in [-0.4, -0.2) is 40.3 Å². The number of benzene rings is 1. The van der Waals surface area contributed by atoms with E-state index < -0.39 is 5.97 Å². The van der Waals surface area contributed by atoms with Crippen molar-refractivity contribution >= 4 is 34.0 Å². The van der Waals surface area contributed by atoms with E-state index in [1.165, 1.54) is 0 Å². The molecule has 1 aromatic carbocycles. The third-order valence-corrected chi connectivity index (χ3v) is 3.87. The molecule has 0 atom stereocenters. The molecule has 0 aliphatic carbocycles. The summed E-state index contributed by atoms with van der Waals surface area (Å²) < 4.78 is 12.3. The minimum absolute atomic E-state index is 0.243. The molecule has 3 aromatic rings. The molecule has 0 saturated heterocycles. The Morgan fingerprint density at radius 1 is 1.24 bits per heavy atom. The second-order valence-corrected chi connectivity index (χ2v) is 6.10. The van der Waals surface area contributed by atoms with Crippen molar-refractivity contribution in [3.8, 4) is 0 Å².